The molecule has 0 saturated carbocycles. The molecule has 316 valence electrons. The third kappa shape index (κ3) is 5.02. The summed E-state index contributed by atoms with van der Waals surface area (Å²) in [4.78, 5) is 2.49. The Morgan fingerprint density at radius 1 is 0.309 bits per heavy atom. The van der Waals surface area contributed by atoms with Crippen molar-refractivity contribution in [2.75, 3.05) is 4.90 Å². The van der Waals surface area contributed by atoms with Gasteiger partial charge in [0, 0.05) is 49.3 Å². The van der Waals surface area contributed by atoms with Crippen LogP contribution in [0.1, 0.15) is 22.3 Å². The summed E-state index contributed by atoms with van der Waals surface area (Å²) in [6.45, 7) is 0. The first-order chi connectivity index (χ1) is 33.7. The Hall–Kier alpha value is -8.92. The molecule has 0 atom stereocenters. The molecule has 11 aromatic carbocycles. The first-order valence-electron chi connectivity index (χ1n) is 23.4. The zero-order valence-corrected chi connectivity index (χ0v) is 36.8. The molecule has 0 N–H and O–H groups in total. The lowest BCUT2D eigenvalue weighted by Crippen LogP contribution is -2.26. The second-order valence-corrected chi connectivity index (χ2v) is 18.2. The number of nitrogens with zero attached hydrogens (tertiary/aromatic N) is 1. The first kappa shape index (κ1) is 37.3. The van der Waals surface area contributed by atoms with E-state index in [1.807, 2.05) is 6.07 Å². The topological polar surface area (TPSA) is 29.5 Å². The van der Waals surface area contributed by atoms with E-state index < -0.39 is 5.41 Å². The maximum atomic E-state index is 6.63. The SMILES string of the molecule is c1ccc(N(c2ccc(-c3cccc4c3oc3ccccc34)cc2)c2cccc3c2-c2ccccc2C32c3ccccc3-c3ccccc32)c(-c2ccc3oc4c5ccccc5ccc4c3c2)c1. The number of furan rings is 2. The van der Waals surface area contributed by atoms with Gasteiger partial charge in [0.15, 0.2) is 0 Å². The molecule has 0 amide bonds. The normalized spacial score (nSPS) is 13.1. The summed E-state index contributed by atoms with van der Waals surface area (Å²) in [6.07, 6.45) is 0. The van der Waals surface area contributed by atoms with Gasteiger partial charge < -0.3 is 13.7 Å². The van der Waals surface area contributed by atoms with Gasteiger partial charge in [-0.25, -0.2) is 0 Å². The summed E-state index contributed by atoms with van der Waals surface area (Å²) >= 11 is 0. The van der Waals surface area contributed by atoms with Crippen molar-refractivity contribution in [1.29, 1.82) is 0 Å². The Morgan fingerprint density at radius 3 is 1.66 bits per heavy atom. The van der Waals surface area contributed by atoms with E-state index in [4.69, 9.17) is 8.83 Å². The van der Waals surface area contributed by atoms with Gasteiger partial charge in [-0.2, -0.15) is 0 Å². The molecule has 2 heterocycles. The average molecular weight is 866 g/mol. The lowest BCUT2D eigenvalue weighted by molar-refractivity contribution is 0.670. The van der Waals surface area contributed by atoms with Crippen molar-refractivity contribution < 1.29 is 8.83 Å². The maximum Gasteiger partial charge on any atom is 0.143 e. The fourth-order valence-electron chi connectivity index (χ4n) is 12.1. The van der Waals surface area contributed by atoms with Crippen LogP contribution in [0.2, 0.25) is 0 Å². The third-order valence-electron chi connectivity index (χ3n) is 14.9. The van der Waals surface area contributed by atoms with Crippen LogP contribution >= 0.6 is 0 Å². The molecule has 2 aliphatic carbocycles. The van der Waals surface area contributed by atoms with Crippen LogP contribution in [0.4, 0.5) is 17.1 Å². The molecule has 0 aliphatic heterocycles. The Morgan fingerprint density at radius 2 is 0.853 bits per heavy atom. The minimum Gasteiger partial charge on any atom is -0.455 e. The molecule has 15 rings (SSSR count). The standard InChI is InChI=1S/C65H39NO2/c1-2-17-45-40(15-1)33-37-51-53-39-42(34-38-61(53)68-64(45)51)44-16-6-11-28-58(44)66(43-35-31-41(32-36-43)46-22-13-23-50-49-20-7-12-30-60(49)67-63(46)50)59-29-14-27-57-62(59)52-21-5-10-26-56(52)65(57)54-24-8-3-18-47(54)48-19-4-9-25-55(48)65/h1-39H. The Labute approximate surface area is 392 Å². The van der Waals surface area contributed by atoms with Crippen LogP contribution in [-0.2, 0) is 5.41 Å². The predicted molar refractivity (Wildman–Crippen MR) is 280 cm³/mol. The molecule has 3 heteroatoms. The fourth-order valence-corrected chi connectivity index (χ4v) is 12.1. The molecule has 68 heavy (non-hydrogen) atoms. The molecular formula is C65H39NO2. The van der Waals surface area contributed by atoms with Gasteiger partial charge in [0.25, 0.3) is 0 Å². The minimum atomic E-state index is -0.479. The summed E-state index contributed by atoms with van der Waals surface area (Å²) in [5.41, 5.74) is 21.1. The van der Waals surface area contributed by atoms with Crippen molar-refractivity contribution in [2.24, 2.45) is 0 Å². The molecule has 1 spiro atoms. The number of para-hydroxylation sites is 3. The summed E-state index contributed by atoms with van der Waals surface area (Å²) in [5.74, 6) is 0. The summed E-state index contributed by atoms with van der Waals surface area (Å²) in [6, 6.07) is 86.4. The summed E-state index contributed by atoms with van der Waals surface area (Å²) < 4.78 is 13.2. The second kappa shape index (κ2) is 14.0. The zero-order valence-electron chi connectivity index (χ0n) is 36.8. The van der Waals surface area contributed by atoms with Gasteiger partial charge in [-0.05, 0) is 104 Å². The molecule has 13 aromatic rings. The number of fused-ring (bicyclic) bond motifs is 18. The highest BCUT2D eigenvalue weighted by atomic mass is 16.3. The largest absolute Gasteiger partial charge is 0.455 e. The lowest BCUT2D eigenvalue weighted by Gasteiger charge is -2.32. The van der Waals surface area contributed by atoms with E-state index in [0.717, 1.165) is 88.6 Å². The average Bonchev–Trinajstić information content (AvgIpc) is 4.15. The van der Waals surface area contributed by atoms with Gasteiger partial charge in [-0.3, -0.25) is 0 Å². The van der Waals surface area contributed by atoms with Crippen LogP contribution in [0.15, 0.2) is 245 Å². The Kier molecular flexibility index (Phi) is 7.71. The highest BCUT2D eigenvalue weighted by Gasteiger charge is 2.52. The lowest BCUT2D eigenvalue weighted by atomic mass is 9.70. The number of hydrogen-bond donors (Lipinski definition) is 0. The number of anilines is 3. The molecule has 2 aromatic heterocycles. The molecule has 0 unspecified atom stereocenters. The highest BCUT2D eigenvalue weighted by Crippen LogP contribution is 2.65. The molecule has 0 saturated heterocycles. The quantitative estimate of drug-likeness (QED) is 0.173. The van der Waals surface area contributed by atoms with Gasteiger partial charge in [-0.1, -0.05) is 188 Å². The van der Waals surface area contributed by atoms with Crippen LogP contribution in [0.3, 0.4) is 0 Å². The van der Waals surface area contributed by atoms with Crippen LogP contribution < -0.4 is 4.90 Å². The number of rotatable bonds is 5. The van der Waals surface area contributed by atoms with E-state index in [0.29, 0.717) is 0 Å². The van der Waals surface area contributed by atoms with Crippen molar-refractivity contribution >= 4 is 71.7 Å². The van der Waals surface area contributed by atoms with Crippen molar-refractivity contribution in [3.05, 3.63) is 259 Å². The Bertz CT molecular complexity index is 4180. The molecule has 0 fully saturated rings. The van der Waals surface area contributed by atoms with E-state index in [9.17, 15) is 0 Å². The molecule has 2 aliphatic rings. The molecule has 0 radical (unpaired) electrons. The summed E-state index contributed by atoms with van der Waals surface area (Å²) in [5, 5.41) is 6.76. The van der Waals surface area contributed by atoms with Crippen LogP contribution in [-0.4, -0.2) is 0 Å². The van der Waals surface area contributed by atoms with Crippen molar-refractivity contribution in [3.8, 4) is 44.5 Å². The van der Waals surface area contributed by atoms with Gasteiger partial charge in [0.2, 0.25) is 0 Å². The Balaban J connectivity index is 0.975. The van der Waals surface area contributed by atoms with Gasteiger partial charge in [0.05, 0.1) is 16.8 Å². The number of hydrogen-bond acceptors (Lipinski definition) is 3. The minimum absolute atomic E-state index is 0.479. The van der Waals surface area contributed by atoms with Crippen LogP contribution in [0.5, 0.6) is 0 Å². The van der Waals surface area contributed by atoms with E-state index in [-0.39, 0.29) is 0 Å². The van der Waals surface area contributed by atoms with Crippen LogP contribution in [0.25, 0.3) is 99.2 Å². The van der Waals surface area contributed by atoms with E-state index in [1.165, 1.54) is 49.9 Å². The highest BCUT2D eigenvalue weighted by molar-refractivity contribution is 6.16. The summed E-state index contributed by atoms with van der Waals surface area (Å²) in [7, 11) is 0. The fraction of sp³-hybridized carbons (Fsp3) is 0.0154. The van der Waals surface area contributed by atoms with E-state index in [2.05, 4.69) is 235 Å². The third-order valence-corrected chi connectivity index (χ3v) is 14.9. The molecule has 3 nitrogen and oxygen atoms in total. The van der Waals surface area contributed by atoms with Crippen molar-refractivity contribution in [2.45, 2.75) is 5.41 Å². The van der Waals surface area contributed by atoms with Crippen molar-refractivity contribution in [1.82, 2.24) is 0 Å². The van der Waals surface area contributed by atoms with Crippen molar-refractivity contribution in [3.63, 3.8) is 0 Å². The maximum absolute atomic E-state index is 6.63. The van der Waals surface area contributed by atoms with E-state index >= 15 is 0 Å². The first-order valence-corrected chi connectivity index (χ1v) is 23.4. The number of benzene rings is 11. The van der Waals surface area contributed by atoms with Gasteiger partial charge in [0.1, 0.15) is 22.3 Å². The monoisotopic (exact) mass is 865 g/mol. The van der Waals surface area contributed by atoms with E-state index in [1.54, 1.807) is 0 Å². The van der Waals surface area contributed by atoms with Gasteiger partial charge >= 0.3 is 0 Å². The molecule has 0 bridgehead atoms. The molecular weight excluding hydrogens is 827 g/mol. The predicted octanol–water partition coefficient (Wildman–Crippen LogP) is 17.8. The van der Waals surface area contributed by atoms with Crippen LogP contribution in [0, 0.1) is 0 Å². The van der Waals surface area contributed by atoms with Gasteiger partial charge in [-0.15, -0.1) is 0 Å². The second-order valence-electron chi connectivity index (χ2n) is 18.2. The zero-order chi connectivity index (χ0) is 44.5. The smallest absolute Gasteiger partial charge is 0.143 e.